The Kier molecular flexibility index (Phi) is 5.41. The first-order valence-corrected chi connectivity index (χ1v) is 8.36. The van der Waals surface area contributed by atoms with Gasteiger partial charge in [0.15, 0.2) is 0 Å². The van der Waals surface area contributed by atoms with Gasteiger partial charge in [0, 0.05) is 37.5 Å². The predicted octanol–water partition coefficient (Wildman–Crippen LogP) is 3.07. The second-order valence-corrected chi connectivity index (χ2v) is 6.46. The van der Waals surface area contributed by atoms with E-state index in [1.165, 1.54) is 30.4 Å². The molecule has 1 aromatic heterocycles. The zero-order chi connectivity index (χ0) is 15.4. The highest BCUT2D eigenvalue weighted by atomic mass is 19.3. The van der Waals surface area contributed by atoms with Crippen LogP contribution >= 0.6 is 0 Å². The summed E-state index contributed by atoms with van der Waals surface area (Å²) < 4.78 is 32.0. The second-order valence-electron chi connectivity index (χ2n) is 6.46. The highest BCUT2D eigenvalue weighted by Gasteiger charge is 2.27. The molecule has 0 spiro atoms. The van der Waals surface area contributed by atoms with Crippen LogP contribution in [0.2, 0.25) is 0 Å². The third kappa shape index (κ3) is 4.26. The average molecular weight is 313 g/mol. The molecule has 2 fully saturated rings. The molecule has 0 bridgehead atoms. The van der Waals surface area contributed by atoms with Crippen LogP contribution in [0.4, 0.5) is 8.78 Å². The van der Waals surface area contributed by atoms with Gasteiger partial charge in [-0.3, -0.25) is 9.58 Å². The summed E-state index contributed by atoms with van der Waals surface area (Å²) in [6, 6.07) is 0.600. The number of hydrogen-bond acceptors (Lipinski definition) is 3. The number of hydrogen-bond donors (Lipinski definition) is 0. The van der Waals surface area contributed by atoms with Gasteiger partial charge in [0.2, 0.25) is 0 Å². The van der Waals surface area contributed by atoms with Gasteiger partial charge in [-0.25, -0.2) is 8.78 Å². The predicted molar refractivity (Wildman–Crippen MR) is 79.9 cm³/mol. The largest absolute Gasteiger partial charge is 0.377 e. The van der Waals surface area contributed by atoms with E-state index in [1.54, 1.807) is 12.4 Å². The van der Waals surface area contributed by atoms with Gasteiger partial charge in [0.25, 0.3) is 6.43 Å². The van der Waals surface area contributed by atoms with Gasteiger partial charge >= 0.3 is 0 Å². The van der Waals surface area contributed by atoms with E-state index in [-0.39, 0.29) is 6.54 Å². The molecular formula is C16H25F2N3O. The molecule has 1 unspecified atom stereocenters. The van der Waals surface area contributed by atoms with E-state index < -0.39 is 6.43 Å². The van der Waals surface area contributed by atoms with Crippen molar-refractivity contribution >= 4 is 0 Å². The van der Waals surface area contributed by atoms with Crippen molar-refractivity contribution in [2.24, 2.45) is 0 Å². The van der Waals surface area contributed by atoms with Gasteiger partial charge in [-0.05, 0) is 25.7 Å². The summed E-state index contributed by atoms with van der Waals surface area (Å²) >= 11 is 0. The summed E-state index contributed by atoms with van der Waals surface area (Å²) in [5.41, 5.74) is 1.02. The quantitative estimate of drug-likeness (QED) is 0.775. The van der Waals surface area contributed by atoms with Crippen LogP contribution in [0.3, 0.4) is 0 Å². The molecule has 2 aliphatic rings. The fourth-order valence-electron chi connectivity index (χ4n) is 3.63. The number of rotatable bonds is 7. The van der Waals surface area contributed by atoms with Gasteiger partial charge < -0.3 is 4.74 Å². The van der Waals surface area contributed by atoms with Crippen LogP contribution in [-0.2, 0) is 17.8 Å². The van der Waals surface area contributed by atoms with Crippen LogP contribution in [0.25, 0.3) is 0 Å². The van der Waals surface area contributed by atoms with E-state index in [0.29, 0.717) is 12.1 Å². The van der Waals surface area contributed by atoms with E-state index in [1.807, 2.05) is 0 Å². The Balaban J connectivity index is 1.61. The van der Waals surface area contributed by atoms with Crippen molar-refractivity contribution in [3.8, 4) is 0 Å². The fourth-order valence-corrected chi connectivity index (χ4v) is 3.63. The maximum Gasteiger partial charge on any atom is 0.257 e. The highest BCUT2D eigenvalue weighted by Crippen LogP contribution is 2.26. The van der Waals surface area contributed by atoms with Crippen LogP contribution in [0.1, 0.15) is 44.1 Å². The lowest BCUT2D eigenvalue weighted by Gasteiger charge is -2.30. The lowest BCUT2D eigenvalue weighted by Crippen LogP contribution is -2.38. The molecule has 0 amide bonds. The summed E-state index contributed by atoms with van der Waals surface area (Å²) in [5, 5.41) is 4.05. The zero-order valence-corrected chi connectivity index (χ0v) is 13.0. The van der Waals surface area contributed by atoms with E-state index in [2.05, 4.69) is 10.00 Å². The zero-order valence-electron chi connectivity index (χ0n) is 13.0. The molecule has 0 N–H and O–H groups in total. The Morgan fingerprint density at radius 3 is 2.77 bits per heavy atom. The minimum Gasteiger partial charge on any atom is -0.377 e. The number of aromatic nitrogens is 2. The molecule has 22 heavy (non-hydrogen) atoms. The molecule has 0 aromatic carbocycles. The monoisotopic (exact) mass is 313 g/mol. The van der Waals surface area contributed by atoms with Crippen LogP contribution in [0.5, 0.6) is 0 Å². The summed E-state index contributed by atoms with van der Waals surface area (Å²) in [5.74, 6) is 0. The number of nitrogens with zero attached hydrogens (tertiary/aromatic N) is 3. The number of halogens is 2. The third-order valence-electron chi connectivity index (χ3n) is 4.70. The summed E-state index contributed by atoms with van der Waals surface area (Å²) in [4.78, 5) is 2.48. The van der Waals surface area contributed by atoms with Gasteiger partial charge in [-0.2, -0.15) is 5.10 Å². The molecule has 0 radical (unpaired) electrons. The minimum absolute atomic E-state index is 0.324. The Labute approximate surface area is 130 Å². The summed E-state index contributed by atoms with van der Waals surface area (Å²) in [7, 11) is 0. The first-order valence-electron chi connectivity index (χ1n) is 8.36. The van der Waals surface area contributed by atoms with Gasteiger partial charge in [-0.1, -0.05) is 12.8 Å². The van der Waals surface area contributed by atoms with E-state index in [0.717, 1.165) is 38.1 Å². The molecule has 1 atom stereocenters. The molecule has 1 aliphatic carbocycles. The van der Waals surface area contributed by atoms with Crippen molar-refractivity contribution in [1.29, 1.82) is 0 Å². The normalized spacial score (nSPS) is 23.2. The number of ether oxygens (including phenoxy) is 1. The number of alkyl halides is 2. The summed E-state index contributed by atoms with van der Waals surface area (Å²) in [6.45, 7) is 2.28. The Morgan fingerprint density at radius 2 is 2.09 bits per heavy atom. The standard InChI is InChI=1S/C16H25F2N3O/c17-16(18)12-21-10-13(8-19-21)9-20(14-4-1-2-5-14)11-15-6-3-7-22-15/h8,10,14-16H,1-7,9,11-12H2. The van der Waals surface area contributed by atoms with Crippen molar-refractivity contribution in [3.05, 3.63) is 18.0 Å². The molecule has 124 valence electrons. The molecule has 1 saturated carbocycles. The van der Waals surface area contributed by atoms with Crippen LogP contribution < -0.4 is 0 Å². The fraction of sp³-hybridized carbons (Fsp3) is 0.812. The van der Waals surface area contributed by atoms with E-state index in [9.17, 15) is 8.78 Å². The highest BCUT2D eigenvalue weighted by molar-refractivity contribution is 5.04. The lowest BCUT2D eigenvalue weighted by atomic mass is 10.1. The lowest BCUT2D eigenvalue weighted by molar-refractivity contribution is 0.0541. The Morgan fingerprint density at radius 1 is 1.27 bits per heavy atom. The maximum absolute atomic E-state index is 12.4. The SMILES string of the molecule is FC(F)Cn1cc(CN(CC2CCCO2)C2CCCC2)cn1. The first-order chi connectivity index (χ1) is 10.7. The van der Waals surface area contributed by atoms with Crippen LogP contribution in [0, 0.1) is 0 Å². The molecule has 3 rings (SSSR count). The topological polar surface area (TPSA) is 30.3 Å². The minimum atomic E-state index is -2.36. The molecule has 1 aromatic rings. The van der Waals surface area contributed by atoms with Crippen molar-refractivity contribution in [3.63, 3.8) is 0 Å². The molecule has 2 heterocycles. The maximum atomic E-state index is 12.4. The molecule has 6 heteroatoms. The van der Waals surface area contributed by atoms with E-state index in [4.69, 9.17) is 4.74 Å². The molecule has 1 saturated heterocycles. The van der Waals surface area contributed by atoms with Crippen molar-refractivity contribution in [1.82, 2.24) is 14.7 Å². The average Bonchev–Trinajstić information content (AvgIpc) is 3.19. The van der Waals surface area contributed by atoms with Crippen molar-refractivity contribution in [2.45, 2.75) is 70.2 Å². The van der Waals surface area contributed by atoms with Crippen molar-refractivity contribution < 1.29 is 13.5 Å². The molecular weight excluding hydrogens is 288 g/mol. The molecule has 4 nitrogen and oxygen atoms in total. The third-order valence-corrected chi connectivity index (χ3v) is 4.70. The van der Waals surface area contributed by atoms with Crippen LogP contribution in [-0.4, -0.2) is 46.4 Å². The Hall–Kier alpha value is -1.01. The van der Waals surface area contributed by atoms with Gasteiger partial charge in [0.1, 0.15) is 6.54 Å². The van der Waals surface area contributed by atoms with Crippen molar-refractivity contribution in [2.75, 3.05) is 13.2 Å². The summed E-state index contributed by atoms with van der Waals surface area (Å²) in [6.07, 6.45) is 8.78. The van der Waals surface area contributed by atoms with E-state index >= 15 is 0 Å². The molecule has 1 aliphatic heterocycles. The smallest absolute Gasteiger partial charge is 0.257 e. The Bertz CT molecular complexity index is 454. The van der Waals surface area contributed by atoms with Gasteiger partial charge in [-0.15, -0.1) is 0 Å². The first kappa shape index (κ1) is 15.9. The van der Waals surface area contributed by atoms with Gasteiger partial charge in [0.05, 0.1) is 12.3 Å². The second kappa shape index (κ2) is 7.51. The van der Waals surface area contributed by atoms with Crippen LogP contribution in [0.15, 0.2) is 12.4 Å².